The van der Waals surface area contributed by atoms with Gasteiger partial charge in [-0.1, -0.05) is 29.8 Å². The summed E-state index contributed by atoms with van der Waals surface area (Å²) in [5.41, 5.74) is 3.42. The Labute approximate surface area is 127 Å². The van der Waals surface area contributed by atoms with Crippen molar-refractivity contribution in [2.75, 3.05) is 0 Å². The summed E-state index contributed by atoms with van der Waals surface area (Å²) < 4.78 is 4.15. The van der Waals surface area contributed by atoms with Gasteiger partial charge < -0.3 is 4.57 Å². The lowest BCUT2D eigenvalue weighted by Crippen LogP contribution is -2.00. The van der Waals surface area contributed by atoms with Gasteiger partial charge in [0.25, 0.3) is 0 Å². The molecule has 0 unspecified atom stereocenters. The van der Waals surface area contributed by atoms with Gasteiger partial charge in [0.15, 0.2) is 0 Å². The molecule has 0 radical (unpaired) electrons. The topological polar surface area (TPSA) is 22.8 Å². The van der Waals surface area contributed by atoms with Gasteiger partial charge in [-0.25, -0.2) is 0 Å². The lowest BCUT2D eigenvalue weighted by Gasteiger charge is -2.03. The summed E-state index contributed by atoms with van der Waals surface area (Å²) in [7, 11) is 1.99. The van der Waals surface area contributed by atoms with Gasteiger partial charge in [0.05, 0.1) is 17.8 Å². The third-order valence-electron chi connectivity index (χ3n) is 3.89. The lowest BCUT2D eigenvalue weighted by atomic mass is 10.2. The number of hydrogen-bond acceptors (Lipinski definition) is 1. The van der Waals surface area contributed by atoms with Crippen LogP contribution in [0.5, 0.6) is 0 Å². The van der Waals surface area contributed by atoms with Gasteiger partial charge in [0.1, 0.15) is 0 Å². The van der Waals surface area contributed by atoms with E-state index in [1.807, 2.05) is 29.9 Å². The van der Waals surface area contributed by atoms with Crippen LogP contribution in [0.3, 0.4) is 0 Å². The molecule has 4 aromatic rings. The predicted octanol–water partition coefficient (Wildman–Crippen LogP) is 4.23. The van der Waals surface area contributed by atoms with Crippen LogP contribution in [-0.4, -0.2) is 14.3 Å². The molecule has 104 valence electrons. The van der Waals surface area contributed by atoms with Gasteiger partial charge in [0.2, 0.25) is 0 Å². The Bertz CT molecular complexity index is 949. The normalized spacial score (nSPS) is 11.5. The number of aromatic nitrogens is 3. The summed E-state index contributed by atoms with van der Waals surface area (Å²) in [6.07, 6.45) is 2.09. The summed E-state index contributed by atoms with van der Waals surface area (Å²) in [6, 6.07) is 16.4. The molecule has 0 aliphatic rings. The molecule has 0 aliphatic heterocycles. The summed E-state index contributed by atoms with van der Waals surface area (Å²) in [5.74, 6) is 0. The third kappa shape index (κ3) is 2.01. The van der Waals surface area contributed by atoms with E-state index < -0.39 is 0 Å². The zero-order valence-electron chi connectivity index (χ0n) is 11.6. The highest BCUT2D eigenvalue weighted by molar-refractivity contribution is 6.31. The summed E-state index contributed by atoms with van der Waals surface area (Å²) in [6.45, 7) is 0.756. The second kappa shape index (κ2) is 4.64. The molecule has 0 aliphatic carbocycles. The first kappa shape index (κ1) is 12.5. The van der Waals surface area contributed by atoms with Crippen LogP contribution in [0.25, 0.3) is 21.8 Å². The van der Waals surface area contributed by atoms with Gasteiger partial charge in [0, 0.05) is 34.6 Å². The maximum absolute atomic E-state index is 6.04. The molecule has 0 saturated heterocycles. The molecule has 0 fully saturated rings. The molecule has 0 bridgehead atoms. The van der Waals surface area contributed by atoms with E-state index in [0.717, 1.165) is 28.2 Å². The molecule has 0 amide bonds. The fourth-order valence-corrected chi connectivity index (χ4v) is 3.06. The number of para-hydroxylation sites is 1. The van der Waals surface area contributed by atoms with E-state index in [1.165, 1.54) is 10.9 Å². The van der Waals surface area contributed by atoms with Crippen molar-refractivity contribution in [1.82, 2.24) is 14.3 Å². The first-order valence-corrected chi connectivity index (χ1v) is 7.25. The first-order valence-electron chi connectivity index (χ1n) is 6.87. The number of nitrogens with zero attached hydrogens (tertiary/aromatic N) is 3. The predicted molar refractivity (Wildman–Crippen MR) is 86.8 cm³/mol. The minimum absolute atomic E-state index is 0.756. The van der Waals surface area contributed by atoms with Crippen LogP contribution >= 0.6 is 11.6 Å². The molecule has 0 spiro atoms. The molecule has 21 heavy (non-hydrogen) atoms. The molecule has 2 aromatic carbocycles. The average molecular weight is 296 g/mol. The zero-order valence-corrected chi connectivity index (χ0v) is 12.4. The molecular weight excluding hydrogens is 282 g/mol. The second-order valence-corrected chi connectivity index (χ2v) is 5.67. The average Bonchev–Trinajstić information content (AvgIpc) is 3.02. The highest BCUT2D eigenvalue weighted by Crippen LogP contribution is 2.23. The number of hydrogen-bond donors (Lipinski definition) is 0. The van der Waals surface area contributed by atoms with Gasteiger partial charge in [-0.05, 0) is 30.3 Å². The van der Waals surface area contributed by atoms with Gasteiger partial charge in [-0.2, -0.15) is 5.10 Å². The Morgan fingerprint density at radius 2 is 1.90 bits per heavy atom. The minimum Gasteiger partial charge on any atom is -0.341 e. The third-order valence-corrected chi connectivity index (χ3v) is 4.12. The number of aryl methyl sites for hydroxylation is 1. The standard InChI is InChI=1S/C17H14ClN3/c1-20-17-5-3-2-4-14(17)15(19-20)11-21-9-8-12-10-13(18)6-7-16(12)21/h2-10H,11H2,1H3. The Morgan fingerprint density at radius 3 is 2.81 bits per heavy atom. The molecule has 4 heteroatoms. The van der Waals surface area contributed by atoms with Crippen molar-refractivity contribution in [3.05, 3.63) is 65.4 Å². The van der Waals surface area contributed by atoms with Crippen LogP contribution in [0.4, 0.5) is 0 Å². The van der Waals surface area contributed by atoms with Crippen LogP contribution in [-0.2, 0) is 13.6 Å². The number of rotatable bonds is 2. The van der Waals surface area contributed by atoms with E-state index in [4.69, 9.17) is 11.6 Å². The number of fused-ring (bicyclic) bond motifs is 2. The fraction of sp³-hybridized carbons (Fsp3) is 0.118. The SMILES string of the molecule is Cn1nc(Cn2ccc3cc(Cl)ccc32)c2ccccc21. The molecule has 0 N–H and O–H groups in total. The van der Waals surface area contributed by atoms with E-state index in [1.54, 1.807) is 0 Å². The van der Waals surface area contributed by atoms with Crippen molar-refractivity contribution in [3.63, 3.8) is 0 Å². The maximum atomic E-state index is 6.04. The van der Waals surface area contributed by atoms with Crippen LogP contribution in [0.15, 0.2) is 54.7 Å². The molecule has 2 heterocycles. The van der Waals surface area contributed by atoms with Gasteiger partial charge >= 0.3 is 0 Å². The largest absolute Gasteiger partial charge is 0.341 e. The zero-order chi connectivity index (χ0) is 14.4. The Morgan fingerprint density at radius 1 is 1.05 bits per heavy atom. The minimum atomic E-state index is 0.756. The van der Waals surface area contributed by atoms with E-state index in [2.05, 4.69) is 46.2 Å². The first-order chi connectivity index (χ1) is 10.2. The summed E-state index contributed by atoms with van der Waals surface area (Å²) >= 11 is 6.04. The van der Waals surface area contributed by atoms with Crippen molar-refractivity contribution in [2.45, 2.75) is 6.54 Å². The monoisotopic (exact) mass is 295 g/mol. The van der Waals surface area contributed by atoms with Crippen LogP contribution in [0.2, 0.25) is 5.02 Å². The highest BCUT2D eigenvalue weighted by atomic mass is 35.5. The van der Waals surface area contributed by atoms with Crippen molar-refractivity contribution in [3.8, 4) is 0 Å². The molecule has 2 aromatic heterocycles. The molecule has 4 rings (SSSR count). The number of halogens is 1. The van der Waals surface area contributed by atoms with Crippen molar-refractivity contribution in [1.29, 1.82) is 0 Å². The van der Waals surface area contributed by atoms with Crippen LogP contribution in [0, 0.1) is 0 Å². The van der Waals surface area contributed by atoms with E-state index in [9.17, 15) is 0 Å². The molecule has 0 atom stereocenters. The van der Waals surface area contributed by atoms with E-state index >= 15 is 0 Å². The van der Waals surface area contributed by atoms with E-state index in [-0.39, 0.29) is 0 Å². The Hall–Kier alpha value is -2.26. The molecular formula is C17H14ClN3. The fourth-order valence-electron chi connectivity index (χ4n) is 2.88. The number of benzene rings is 2. The quantitative estimate of drug-likeness (QED) is 0.542. The van der Waals surface area contributed by atoms with E-state index in [0.29, 0.717) is 0 Å². The van der Waals surface area contributed by atoms with Gasteiger partial charge in [-0.3, -0.25) is 4.68 Å². The van der Waals surface area contributed by atoms with Crippen molar-refractivity contribution in [2.24, 2.45) is 7.05 Å². The van der Waals surface area contributed by atoms with Crippen molar-refractivity contribution < 1.29 is 0 Å². The van der Waals surface area contributed by atoms with Crippen molar-refractivity contribution >= 4 is 33.4 Å². The molecule has 0 saturated carbocycles. The molecule has 3 nitrogen and oxygen atoms in total. The maximum Gasteiger partial charge on any atom is 0.0900 e. The lowest BCUT2D eigenvalue weighted by molar-refractivity contribution is 0.732. The highest BCUT2D eigenvalue weighted by Gasteiger charge is 2.09. The summed E-state index contributed by atoms with van der Waals surface area (Å²) in [5, 5.41) is 7.79. The van der Waals surface area contributed by atoms with Crippen LogP contribution < -0.4 is 0 Å². The Kier molecular flexibility index (Phi) is 2.76. The van der Waals surface area contributed by atoms with Gasteiger partial charge in [-0.15, -0.1) is 0 Å². The second-order valence-electron chi connectivity index (χ2n) is 5.23. The van der Waals surface area contributed by atoms with Crippen LogP contribution in [0.1, 0.15) is 5.69 Å². The Balaban J connectivity index is 1.83. The summed E-state index contributed by atoms with van der Waals surface area (Å²) in [4.78, 5) is 0. The smallest absolute Gasteiger partial charge is 0.0900 e.